The van der Waals surface area contributed by atoms with Crippen LogP contribution in [0.3, 0.4) is 0 Å². The van der Waals surface area contributed by atoms with E-state index >= 15 is 0 Å². The average molecular weight is 533 g/mol. The van der Waals surface area contributed by atoms with Crippen LogP contribution in [-0.4, -0.2) is 12.4 Å². The van der Waals surface area contributed by atoms with Gasteiger partial charge in [-0.2, -0.15) is 5.26 Å². The van der Waals surface area contributed by atoms with Crippen LogP contribution < -0.4 is 0 Å². The third-order valence-corrected chi connectivity index (χ3v) is 5.14. The molecule has 4 aromatic carbocycles. The third-order valence-electron chi connectivity index (χ3n) is 4.45. The Morgan fingerprint density at radius 3 is 1.74 bits per heavy atom. The number of rotatable bonds is 4. The second-order valence-electron chi connectivity index (χ2n) is 6.90. The molecular formula is C28H18N4NiS2. The fraction of sp³-hybridized carbons (Fsp3) is 0. The molecule has 0 heterocycles. The Balaban J connectivity index is 0.000000240. The van der Waals surface area contributed by atoms with Crippen LogP contribution in [0.4, 0.5) is 17.1 Å². The van der Waals surface area contributed by atoms with Gasteiger partial charge in [0.25, 0.3) is 0 Å². The molecule has 4 aromatic rings. The van der Waals surface area contributed by atoms with E-state index < -0.39 is 0 Å². The fourth-order valence-corrected chi connectivity index (χ4v) is 3.18. The molecule has 35 heavy (non-hydrogen) atoms. The molecule has 0 aromatic heterocycles. The maximum atomic E-state index is 8.78. The Morgan fingerprint density at radius 1 is 0.714 bits per heavy atom. The van der Waals surface area contributed by atoms with E-state index in [1.807, 2.05) is 72.8 Å². The van der Waals surface area contributed by atoms with Crippen molar-refractivity contribution in [3.8, 4) is 6.07 Å². The fourth-order valence-electron chi connectivity index (χ4n) is 2.78. The number of aliphatic imine (C=N–C) groups is 2. The van der Waals surface area contributed by atoms with Crippen LogP contribution in [0.5, 0.6) is 0 Å². The first-order valence-electron chi connectivity index (χ1n) is 10.2. The molecule has 7 heteroatoms. The molecule has 0 N–H and O–H groups in total. The Morgan fingerprint density at radius 2 is 1.23 bits per heavy atom. The molecule has 4 nitrogen and oxygen atoms in total. The van der Waals surface area contributed by atoms with Crippen molar-refractivity contribution in [1.82, 2.24) is 0 Å². The molecule has 0 saturated carbocycles. The SMILES string of the molecule is N#Cc1cccc(C=Nc2ccccc2[S-])c1.[C-]#[N+]c1cccc(C=Nc2ccccc2[S-])c1.[Ni+2]. The average Bonchev–Trinajstić information content (AvgIpc) is 2.88. The zero-order chi connectivity index (χ0) is 24.2. The van der Waals surface area contributed by atoms with Gasteiger partial charge < -0.3 is 25.3 Å². The molecule has 172 valence electrons. The molecule has 0 spiro atoms. The van der Waals surface area contributed by atoms with Gasteiger partial charge in [0.2, 0.25) is 0 Å². The minimum atomic E-state index is 0. The van der Waals surface area contributed by atoms with E-state index in [-0.39, 0.29) is 16.5 Å². The summed E-state index contributed by atoms with van der Waals surface area (Å²) >= 11 is 10.3. The summed E-state index contributed by atoms with van der Waals surface area (Å²) in [5, 5.41) is 8.78. The summed E-state index contributed by atoms with van der Waals surface area (Å²) < 4.78 is 0. The third kappa shape index (κ3) is 8.78. The van der Waals surface area contributed by atoms with Crippen molar-refractivity contribution in [2.24, 2.45) is 9.98 Å². The molecule has 0 fully saturated rings. The van der Waals surface area contributed by atoms with Gasteiger partial charge >= 0.3 is 16.5 Å². The minimum Gasteiger partial charge on any atom is -0.778 e. The van der Waals surface area contributed by atoms with Crippen LogP contribution in [0.15, 0.2) is 117 Å². The molecule has 0 bridgehead atoms. The number of benzene rings is 4. The standard InChI is InChI=1S/2C14H10N2S.Ni/c1-15-12-6-4-5-11(9-12)10-16-13-7-2-3-8-14(13)17;15-9-11-4-3-5-12(8-11)10-16-13-6-1-2-7-14(13)17;/h2-10,17H;1-8,10,17H;/q;;+2/p-2. The Kier molecular flexibility index (Phi) is 11.3. The van der Waals surface area contributed by atoms with Crippen molar-refractivity contribution in [3.63, 3.8) is 0 Å². The van der Waals surface area contributed by atoms with Gasteiger partial charge in [-0.15, -0.1) is 9.79 Å². The zero-order valence-corrected chi connectivity index (χ0v) is 20.9. The van der Waals surface area contributed by atoms with E-state index in [1.54, 1.807) is 36.7 Å². The normalized spacial score (nSPS) is 10.0. The Bertz CT molecular complexity index is 1310. The second kappa shape index (κ2) is 14.4. The predicted octanol–water partition coefficient (Wildman–Crippen LogP) is 7.11. The number of nitrogens with zero attached hydrogens (tertiary/aromatic N) is 4. The molecule has 0 aliphatic carbocycles. The molecule has 0 unspecified atom stereocenters. The zero-order valence-electron chi connectivity index (χ0n) is 18.3. The van der Waals surface area contributed by atoms with Crippen molar-refractivity contribution in [2.75, 3.05) is 0 Å². The number of hydrogen-bond donors (Lipinski definition) is 0. The number of hydrogen-bond acceptors (Lipinski definition) is 5. The maximum absolute atomic E-state index is 8.78. The van der Waals surface area contributed by atoms with Gasteiger partial charge in [0.05, 0.1) is 18.2 Å². The molecule has 0 saturated heterocycles. The maximum Gasteiger partial charge on any atom is 2.00 e. The van der Waals surface area contributed by atoms with Crippen molar-refractivity contribution in [3.05, 3.63) is 125 Å². The first-order valence-corrected chi connectivity index (χ1v) is 11.0. The van der Waals surface area contributed by atoms with Crippen molar-refractivity contribution in [1.29, 1.82) is 5.26 Å². The van der Waals surface area contributed by atoms with E-state index in [9.17, 15) is 0 Å². The summed E-state index contributed by atoms with van der Waals surface area (Å²) in [6.07, 6.45) is 3.44. The first kappa shape index (κ1) is 27.4. The predicted molar refractivity (Wildman–Crippen MR) is 143 cm³/mol. The molecule has 0 radical (unpaired) electrons. The van der Waals surface area contributed by atoms with Crippen LogP contribution in [0.25, 0.3) is 4.85 Å². The van der Waals surface area contributed by atoms with Crippen LogP contribution in [0, 0.1) is 17.9 Å². The van der Waals surface area contributed by atoms with Gasteiger partial charge in [-0.3, -0.25) is 9.98 Å². The molecule has 4 rings (SSSR count). The summed E-state index contributed by atoms with van der Waals surface area (Å²) in [4.78, 5) is 13.5. The molecule has 0 aliphatic rings. The van der Waals surface area contributed by atoms with E-state index in [0.29, 0.717) is 11.3 Å². The molecular weight excluding hydrogens is 515 g/mol. The quantitative estimate of drug-likeness (QED) is 0.122. The van der Waals surface area contributed by atoms with Gasteiger partial charge in [-0.1, -0.05) is 66.7 Å². The summed E-state index contributed by atoms with van der Waals surface area (Å²) in [6.45, 7) is 6.93. The van der Waals surface area contributed by atoms with E-state index in [4.69, 9.17) is 37.1 Å². The second-order valence-corrected chi connectivity index (χ2v) is 7.78. The number of nitriles is 1. The largest absolute Gasteiger partial charge is 2.00 e. The van der Waals surface area contributed by atoms with Gasteiger partial charge in [0.1, 0.15) is 0 Å². The number of para-hydroxylation sites is 2. The summed E-state index contributed by atoms with van der Waals surface area (Å²) in [5.74, 6) is 0. The molecule has 0 atom stereocenters. The van der Waals surface area contributed by atoms with E-state index in [2.05, 4.69) is 20.9 Å². The summed E-state index contributed by atoms with van der Waals surface area (Å²) in [7, 11) is 0. The summed E-state index contributed by atoms with van der Waals surface area (Å²) in [6, 6.07) is 31.7. The first-order chi connectivity index (χ1) is 16.6. The van der Waals surface area contributed by atoms with Crippen LogP contribution in [-0.2, 0) is 41.7 Å². The van der Waals surface area contributed by atoms with Gasteiger partial charge in [-0.05, 0) is 41.5 Å². The topological polar surface area (TPSA) is 52.9 Å². The minimum absolute atomic E-state index is 0. The van der Waals surface area contributed by atoms with Crippen molar-refractivity contribution >= 4 is 54.7 Å². The van der Waals surface area contributed by atoms with Crippen LogP contribution in [0.1, 0.15) is 16.7 Å². The Labute approximate surface area is 226 Å². The monoisotopic (exact) mass is 532 g/mol. The molecule has 0 aliphatic heterocycles. The Hall–Kier alpha value is -3.87. The summed E-state index contributed by atoms with van der Waals surface area (Å²) in [5.41, 5.74) is 4.57. The molecule has 0 amide bonds. The van der Waals surface area contributed by atoms with Gasteiger partial charge in [0, 0.05) is 23.8 Å². The van der Waals surface area contributed by atoms with Crippen molar-refractivity contribution in [2.45, 2.75) is 9.79 Å². The van der Waals surface area contributed by atoms with E-state index in [0.717, 1.165) is 32.3 Å². The van der Waals surface area contributed by atoms with Crippen molar-refractivity contribution < 1.29 is 16.5 Å². The smallest absolute Gasteiger partial charge is 0.778 e. The van der Waals surface area contributed by atoms with Gasteiger partial charge in [-0.25, -0.2) is 4.85 Å². The van der Waals surface area contributed by atoms with E-state index in [1.165, 1.54) is 0 Å². The van der Waals surface area contributed by atoms with Crippen LogP contribution in [0.2, 0.25) is 0 Å². The van der Waals surface area contributed by atoms with Crippen LogP contribution >= 0.6 is 0 Å². The van der Waals surface area contributed by atoms with Gasteiger partial charge in [0.15, 0.2) is 5.69 Å².